The lowest BCUT2D eigenvalue weighted by Gasteiger charge is -2.04. The van der Waals surface area contributed by atoms with Crippen LogP contribution in [0.1, 0.15) is 40.8 Å². The first-order chi connectivity index (χ1) is 10.6. The molecule has 116 valence electrons. The third-order valence-corrected chi connectivity index (χ3v) is 3.40. The number of carboxylic acids is 1. The number of aryl methyl sites for hydroxylation is 2. The van der Waals surface area contributed by atoms with Gasteiger partial charge in [0.1, 0.15) is 5.76 Å². The number of nitrogens with one attached hydrogen (secondary N) is 1. The number of amides is 1. The molecule has 2 rings (SSSR count). The van der Waals surface area contributed by atoms with Crippen molar-refractivity contribution >= 4 is 11.9 Å². The Hall–Kier alpha value is -2.56. The maximum absolute atomic E-state index is 11.8. The summed E-state index contributed by atoms with van der Waals surface area (Å²) in [6.45, 7) is 2.30. The van der Waals surface area contributed by atoms with Crippen LogP contribution in [0.2, 0.25) is 0 Å². The van der Waals surface area contributed by atoms with Crippen LogP contribution in [-0.2, 0) is 24.2 Å². The maximum atomic E-state index is 11.8. The zero-order chi connectivity index (χ0) is 15.9. The van der Waals surface area contributed by atoms with Crippen molar-refractivity contribution in [1.82, 2.24) is 5.32 Å². The molecule has 0 radical (unpaired) electrons. The van der Waals surface area contributed by atoms with Crippen LogP contribution in [0.3, 0.4) is 0 Å². The van der Waals surface area contributed by atoms with Gasteiger partial charge in [-0.3, -0.25) is 4.79 Å². The molecule has 5 heteroatoms. The molecule has 2 N–H and O–H groups in total. The molecule has 0 saturated heterocycles. The summed E-state index contributed by atoms with van der Waals surface area (Å²) in [7, 11) is 0. The van der Waals surface area contributed by atoms with E-state index >= 15 is 0 Å². The fourth-order valence-corrected chi connectivity index (χ4v) is 2.06. The summed E-state index contributed by atoms with van der Waals surface area (Å²) in [5.74, 6) is -0.903. The summed E-state index contributed by atoms with van der Waals surface area (Å²) in [6, 6.07) is 11.1. The van der Waals surface area contributed by atoms with Gasteiger partial charge in [-0.2, -0.15) is 0 Å². The zero-order valence-corrected chi connectivity index (χ0v) is 12.5. The fourth-order valence-electron chi connectivity index (χ4n) is 2.06. The Morgan fingerprint density at radius 3 is 2.36 bits per heavy atom. The molecule has 0 atom stereocenters. The Bertz CT molecular complexity index is 643. The normalized spacial score (nSPS) is 10.4. The van der Waals surface area contributed by atoms with Crippen LogP contribution >= 0.6 is 0 Å². The summed E-state index contributed by atoms with van der Waals surface area (Å²) in [5.41, 5.74) is 2.40. The molecule has 0 saturated carbocycles. The van der Waals surface area contributed by atoms with Crippen LogP contribution in [0.4, 0.5) is 0 Å². The molecule has 1 heterocycles. The molecule has 0 aliphatic rings. The highest BCUT2D eigenvalue weighted by molar-refractivity contribution is 5.84. The van der Waals surface area contributed by atoms with Crippen molar-refractivity contribution in [3.63, 3.8) is 0 Å². The summed E-state index contributed by atoms with van der Waals surface area (Å²) >= 11 is 0. The molecule has 5 nitrogen and oxygen atoms in total. The second kappa shape index (κ2) is 7.45. The van der Waals surface area contributed by atoms with Crippen LogP contribution in [0.5, 0.6) is 0 Å². The van der Waals surface area contributed by atoms with E-state index in [1.165, 1.54) is 11.6 Å². The van der Waals surface area contributed by atoms with E-state index in [2.05, 4.69) is 24.4 Å². The topological polar surface area (TPSA) is 79.5 Å². The van der Waals surface area contributed by atoms with Gasteiger partial charge in [-0.15, -0.1) is 0 Å². The molecule has 22 heavy (non-hydrogen) atoms. The number of benzene rings is 1. The van der Waals surface area contributed by atoms with E-state index in [1.807, 2.05) is 12.1 Å². The first-order valence-electron chi connectivity index (χ1n) is 7.25. The fraction of sp³-hybridized carbons (Fsp3) is 0.294. The van der Waals surface area contributed by atoms with Crippen molar-refractivity contribution in [2.75, 3.05) is 0 Å². The van der Waals surface area contributed by atoms with E-state index in [0.29, 0.717) is 18.6 Å². The molecule has 0 aliphatic heterocycles. The Balaban J connectivity index is 1.76. The molecule has 0 aliphatic carbocycles. The minimum absolute atomic E-state index is 0.0900. The first-order valence-corrected chi connectivity index (χ1v) is 7.25. The second-order valence-electron chi connectivity index (χ2n) is 5.02. The van der Waals surface area contributed by atoms with Gasteiger partial charge in [0, 0.05) is 6.42 Å². The van der Waals surface area contributed by atoms with Crippen LogP contribution < -0.4 is 5.32 Å². The van der Waals surface area contributed by atoms with Gasteiger partial charge in [-0.25, -0.2) is 4.79 Å². The number of carboxylic acid groups (broad SMARTS) is 1. The Morgan fingerprint density at radius 2 is 1.77 bits per heavy atom. The number of hydrogen-bond donors (Lipinski definition) is 2. The first kappa shape index (κ1) is 15.8. The van der Waals surface area contributed by atoms with Gasteiger partial charge in [0.05, 0.1) is 6.54 Å². The number of aromatic carboxylic acids is 1. The van der Waals surface area contributed by atoms with Crippen LogP contribution in [0.25, 0.3) is 0 Å². The number of rotatable bonds is 7. The average Bonchev–Trinajstić information content (AvgIpc) is 3.00. The predicted octanol–water partition coefficient (Wildman–Crippen LogP) is 2.79. The smallest absolute Gasteiger partial charge is 0.371 e. The Kier molecular flexibility index (Phi) is 5.36. The molecule has 0 bridgehead atoms. The van der Waals surface area contributed by atoms with Crippen molar-refractivity contribution in [2.24, 2.45) is 0 Å². The van der Waals surface area contributed by atoms with E-state index < -0.39 is 5.97 Å². The molecule has 1 aromatic carbocycles. The van der Waals surface area contributed by atoms with Crippen LogP contribution in [0.15, 0.2) is 40.8 Å². The number of carbonyl (C=O) groups excluding carboxylic acids is 1. The third kappa shape index (κ3) is 4.48. The minimum Gasteiger partial charge on any atom is -0.475 e. The van der Waals surface area contributed by atoms with Gasteiger partial charge >= 0.3 is 5.97 Å². The molecule has 0 spiro atoms. The van der Waals surface area contributed by atoms with Crippen molar-refractivity contribution < 1.29 is 19.1 Å². The van der Waals surface area contributed by atoms with Crippen LogP contribution in [0, 0.1) is 0 Å². The zero-order valence-electron chi connectivity index (χ0n) is 12.5. The summed E-state index contributed by atoms with van der Waals surface area (Å²) < 4.78 is 5.07. The SMILES string of the molecule is CCc1ccc(CCC(=O)NCc2ccc(C(=O)O)o2)cc1. The van der Waals surface area contributed by atoms with E-state index in [-0.39, 0.29) is 18.2 Å². The Labute approximate surface area is 129 Å². The van der Waals surface area contributed by atoms with E-state index in [4.69, 9.17) is 9.52 Å². The third-order valence-electron chi connectivity index (χ3n) is 3.40. The molecular formula is C17H19NO4. The number of hydrogen-bond acceptors (Lipinski definition) is 3. The van der Waals surface area contributed by atoms with Crippen molar-refractivity contribution in [3.05, 3.63) is 59.0 Å². The lowest BCUT2D eigenvalue weighted by Crippen LogP contribution is -2.22. The number of carbonyl (C=O) groups is 2. The molecular weight excluding hydrogens is 282 g/mol. The van der Waals surface area contributed by atoms with Gasteiger partial charge in [-0.05, 0) is 36.1 Å². The summed E-state index contributed by atoms with van der Waals surface area (Å²) in [5, 5.41) is 11.5. The van der Waals surface area contributed by atoms with Gasteiger partial charge < -0.3 is 14.8 Å². The van der Waals surface area contributed by atoms with Gasteiger partial charge in [0.25, 0.3) is 0 Å². The quantitative estimate of drug-likeness (QED) is 0.824. The highest BCUT2D eigenvalue weighted by Gasteiger charge is 2.09. The monoisotopic (exact) mass is 301 g/mol. The van der Waals surface area contributed by atoms with E-state index in [0.717, 1.165) is 12.0 Å². The second-order valence-corrected chi connectivity index (χ2v) is 5.02. The highest BCUT2D eigenvalue weighted by atomic mass is 16.4. The lowest BCUT2D eigenvalue weighted by molar-refractivity contribution is -0.121. The van der Waals surface area contributed by atoms with Gasteiger partial charge in [0.2, 0.25) is 11.7 Å². The maximum Gasteiger partial charge on any atom is 0.371 e. The van der Waals surface area contributed by atoms with E-state index in [9.17, 15) is 9.59 Å². The van der Waals surface area contributed by atoms with Gasteiger partial charge in [0.15, 0.2) is 0 Å². The molecule has 1 aromatic heterocycles. The highest BCUT2D eigenvalue weighted by Crippen LogP contribution is 2.09. The summed E-state index contributed by atoms with van der Waals surface area (Å²) in [6.07, 6.45) is 2.06. The summed E-state index contributed by atoms with van der Waals surface area (Å²) in [4.78, 5) is 22.5. The van der Waals surface area contributed by atoms with Crippen molar-refractivity contribution in [3.8, 4) is 0 Å². The minimum atomic E-state index is -1.12. The van der Waals surface area contributed by atoms with Crippen molar-refractivity contribution in [2.45, 2.75) is 32.7 Å². The Morgan fingerprint density at radius 1 is 1.09 bits per heavy atom. The van der Waals surface area contributed by atoms with Gasteiger partial charge in [-0.1, -0.05) is 31.2 Å². The molecule has 0 unspecified atom stereocenters. The van der Waals surface area contributed by atoms with E-state index in [1.54, 1.807) is 6.07 Å². The standard InChI is InChI=1S/C17H19NO4/c1-2-12-3-5-13(6-4-12)7-10-16(19)18-11-14-8-9-15(22-14)17(20)21/h3-6,8-9H,2,7,10-11H2,1H3,(H,18,19)(H,20,21). The van der Waals surface area contributed by atoms with Crippen LogP contribution in [-0.4, -0.2) is 17.0 Å². The lowest BCUT2D eigenvalue weighted by atomic mass is 10.1. The number of furan rings is 1. The molecule has 2 aromatic rings. The average molecular weight is 301 g/mol. The predicted molar refractivity (Wildman–Crippen MR) is 81.7 cm³/mol. The van der Waals surface area contributed by atoms with Crippen molar-refractivity contribution in [1.29, 1.82) is 0 Å². The molecule has 0 fully saturated rings. The molecule has 1 amide bonds. The largest absolute Gasteiger partial charge is 0.475 e.